The lowest BCUT2D eigenvalue weighted by molar-refractivity contribution is 0.0986. The van der Waals surface area contributed by atoms with Gasteiger partial charge < -0.3 is 5.11 Å². The molecule has 0 atom stereocenters. The van der Waals surface area contributed by atoms with Gasteiger partial charge in [-0.1, -0.05) is 66.8 Å². The van der Waals surface area contributed by atoms with Crippen LogP contribution in [-0.4, -0.2) is 22.5 Å². The van der Waals surface area contributed by atoms with Gasteiger partial charge in [0.1, 0.15) is 5.76 Å². The van der Waals surface area contributed by atoms with Crippen LogP contribution >= 0.6 is 0 Å². The van der Waals surface area contributed by atoms with Gasteiger partial charge in [0, 0.05) is 22.3 Å². The molecule has 0 saturated carbocycles. The Kier molecular flexibility index (Phi) is 4.68. The molecule has 0 unspecified atom stereocenters. The molecule has 0 heterocycles. The molecular formula is C31H18O4. The van der Waals surface area contributed by atoms with Gasteiger partial charge in [-0.05, 0) is 58.0 Å². The lowest BCUT2D eigenvalue weighted by atomic mass is 10.0. The van der Waals surface area contributed by atoms with E-state index in [1.165, 1.54) is 12.2 Å². The SMILES string of the molecule is O=C1C(=CC=CC=CC2=C(O)c3cc4ccccc4cc3C2=O)C(=O)c2cc3ccccc3cc21. The Morgan fingerprint density at radius 1 is 0.543 bits per heavy atom. The first kappa shape index (κ1) is 20.8. The van der Waals surface area contributed by atoms with Crippen LogP contribution in [0.1, 0.15) is 36.6 Å². The lowest BCUT2D eigenvalue weighted by Gasteiger charge is -2.02. The molecule has 4 aromatic carbocycles. The molecule has 0 amide bonds. The van der Waals surface area contributed by atoms with Gasteiger partial charge in [0.05, 0.1) is 11.1 Å². The Morgan fingerprint density at radius 2 is 1.00 bits per heavy atom. The average molecular weight is 454 g/mol. The van der Waals surface area contributed by atoms with E-state index >= 15 is 0 Å². The zero-order valence-corrected chi connectivity index (χ0v) is 18.5. The number of carbonyl (C=O) groups is 3. The van der Waals surface area contributed by atoms with Crippen molar-refractivity contribution in [3.8, 4) is 0 Å². The summed E-state index contributed by atoms with van der Waals surface area (Å²) in [5.41, 5.74) is 2.14. The fraction of sp³-hybridized carbons (Fsp3) is 0. The number of benzene rings is 4. The number of fused-ring (bicyclic) bond motifs is 4. The number of aliphatic hydroxyl groups excluding tert-OH is 1. The number of hydrogen-bond acceptors (Lipinski definition) is 4. The third kappa shape index (κ3) is 3.27. The van der Waals surface area contributed by atoms with Gasteiger partial charge in [0.2, 0.25) is 0 Å². The highest BCUT2D eigenvalue weighted by Gasteiger charge is 2.33. The van der Waals surface area contributed by atoms with Crippen LogP contribution in [0.2, 0.25) is 0 Å². The minimum atomic E-state index is -0.293. The summed E-state index contributed by atoms with van der Waals surface area (Å²) in [6.07, 6.45) is 7.85. The van der Waals surface area contributed by atoms with Crippen molar-refractivity contribution in [3.63, 3.8) is 0 Å². The lowest BCUT2D eigenvalue weighted by Crippen LogP contribution is -1.99. The largest absolute Gasteiger partial charge is 0.507 e. The van der Waals surface area contributed by atoms with Crippen molar-refractivity contribution >= 4 is 44.7 Å². The minimum Gasteiger partial charge on any atom is -0.507 e. The second kappa shape index (κ2) is 7.89. The Morgan fingerprint density at radius 3 is 1.51 bits per heavy atom. The fourth-order valence-electron chi connectivity index (χ4n) is 4.70. The first-order valence-corrected chi connectivity index (χ1v) is 11.2. The molecule has 0 spiro atoms. The quantitative estimate of drug-likeness (QED) is 0.216. The first-order chi connectivity index (χ1) is 17.0. The van der Waals surface area contributed by atoms with E-state index < -0.39 is 0 Å². The fourth-order valence-corrected chi connectivity index (χ4v) is 4.70. The number of allylic oxidation sites excluding steroid dienone is 7. The number of ketones is 3. The molecule has 0 bridgehead atoms. The monoisotopic (exact) mass is 454 g/mol. The van der Waals surface area contributed by atoms with Crippen molar-refractivity contribution < 1.29 is 19.5 Å². The summed E-state index contributed by atoms with van der Waals surface area (Å²) in [4.78, 5) is 38.5. The smallest absolute Gasteiger partial charge is 0.197 e. The van der Waals surface area contributed by atoms with Gasteiger partial charge >= 0.3 is 0 Å². The van der Waals surface area contributed by atoms with Crippen molar-refractivity contribution in [1.82, 2.24) is 0 Å². The molecular weight excluding hydrogens is 436 g/mol. The Labute approximate surface area is 200 Å². The Hall–Kier alpha value is -4.83. The van der Waals surface area contributed by atoms with Crippen LogP contribution in [0.25, 0.3) is 27.3 Å². The molecule has 4 nitrogen and oxygen atoms in total. The van der Waals surface area contributed by atoms with Crippen LogP contribution < -0.4 is 0 Å². The van der Waals surface area contributed by atoms with E-state index in [-0.39, 0.29) is 34.3 Å². The molecule has 0 saturated heterocycles. The van der Waals surface area contributed by atoms with Gasteiger partial charge in [-0.3, -0.25) is 14.4 Å². The van der Waals surface area contributed by atoms with Crippen LogP contribution in [0.15, 0.2) is 114 Å². The van der Waals surface area contributed by atoms with Crippen LogP contribution in [0, 0.1) is 0 Å². The predicted molar refractivity (Wildman–Crippen MR) is 137 cm³/mol. The number of Topliss-reactive ketones (excluding diaryl/α,β-unsaturated/α-hetero) is 3. The summed E-state index contributed by atoms with van der Waals surface area (Å²) in [5, 5.41) is 14.3. The minimum absolute atomic E-state index is 0.0533. The van der Waals surface area contributed by atoms with E-state index in [1.807, 2.05) is 54.6 Å². The first-order valence-electron chi connectivity index (χ1n) is 11.2. The average Bonchev–Trinajstić information content (AvgIpc) is 3.25. The van der Waals surface area contributed by atoms with Crippen molar-refractivity contribution in [3.05, 3.63) is 137 Å². The van der Waals surface area contributed by atoms with Crippen molar-refractivity contribution in [2.45, 2.75) is 0 Å². The van der Waals surface area contributed by atoms with Crippen molar-refractivity contribution in [2.24, 2.45) is 0 Å². The Balaban J connectivity index is 1.25. The molecule has 4 heteroatoms. The van der Waals surface area contributed by atoms with Gasteiger partial charge in [-0.2, -0.15) is 0 Å². The third-order valence-corrected chi connectivity index (χ3v) is 6.50. The van der Waals surface area contributed by atoms with Crippen LogP contribution in [-0.2, 0) is 0 Å². The van der Waals surface area contributed by atoms with Crippen LogP contribution in [0.5, 0.6) is 0 Å². The third-order valence-electron chi connectivity index (χ3n) is 6.50. The van der Waals surface area contributed by atoms with E-state index in [0.29, 0.717) is 22.3 Å². The molecule has 0 aromatic heterocycles. The highest BCUT2D eigenvalue weighted by Crippen LogP contribution is 2.35. The second-order valence-corrected chi connectivity index (χ2v) is 8.56. The topological polar surface area (TPSA) is 71.4 Å². The maximum atomic E-state index is 12.8. The van der Waals surface area contributed by atoms with Gasteiger partial charge in [0.15, 0.2) is 17.3 Å². The summed E-state index contributed by atoms with van der Waals surface area (Å²) < 4.78 is 0. The van der Waals surface area contributed by atoms with E-state index in [1.54, 1.807) is 36.4 Å². The maximum Gasteiger partial charge on any atom is 0.197 e. The molecule has 2 aliphatic rings. The van der Waals surface area contributed by atoms with E-state index in [4.69, 9.17) is 0 Å². The van der Waals surface area contributed by atoms with Crippen molar-refractivity contribution in [1.29, 1.82) is 0 Å². The van der Waals surface area contributed by atoms with E-state index in [9.17, 15) is 19.5 Å². The summed E-state index contributed by atoms with van der Waals surface area (Å²) in [5.74, 6) is -0.881. The van der Waals surface area contributed by atoms with E-state index in [2.05, 4.69) is 0 Å². The second-order valence-electron chi connectivity index (χ2n) is 8.56. The molecule has 1 N–H and O–H groups in total. The van der Waals surface area contributed by atoms with Crippen LogP contribution in [0.4, 0.5) is 0 Å². The molecule has 35 heavy (non-hydrogen) atoms. The van der Waals surface area contributed by atoms with Gasteiger partial charge in [0.25, 0.3) is 0 Å². The molecule has 0 aliphatic heterocycles. The van der Waals surface area contributed by atoms with Crippen molar-refractivity contribution in [2.75, 3.05) is 0 Å². The standard InChI is InChI=1S/C31H18O4/c32-28-22(29(33)25-15-19-9-5-4-8-18(19)14-24(25)28)12-2-1-3-13-23-30(34)26-16-20-10-6-7-11-21(20)17-27(26)31(23)35/h1-17,32H. The van der Waals surface area contributed by atoms with Gasteiger partial charge in [-0.25, -0.2) is 0 Å². The van der Waals surface area contributed by atoms with E-state index in [0.717, 1.165) is 21.5 Å². The summed E-state index contributed by atoms with van der Waals surface area (Å²) >= 11 is 0. The maximum absolute atomic E-state index is 12.8. The molecule has 166 valence electrons. The highest BCUT2D eigenvalue weighted by molar-refractivity contribution is 6.40. The summed E-state index contributed by atoms with van der Waals surface area (Å²) in [7, 11) is 0. The van der Waals surface area contributed by atoms with Crippen LogP contribution in [0.3, 0.4) is 0 Å². The zero-order valence-electron chi connectivity index (χ0n) is 18.5. The molecule has 0 fully saturated rings. The number of rotatable bonds is 3. The predicted octanol–water partition coefficient (Wildman–Crippen LogP) is 6.58. The molecule has 6 rings (SSSR count). The number of hydrogen-bond donors (Lipinski definition) is 1. The normalized spacial score (nSPS) is 15.3. The Bertz CT molecular complexity index is 1690. The highest BCUT2D eigenvalue weighted by atomic mass is 16.3. The zero-order chi connectivity index (χ0) is 24.1. The summed E-state index contributed by atoms with van der Waals surface area (Å²) in [6, 6.07) is 22.4. The number of aliphatic hydroxyl groups is 1. The number of carbonyl (C=O) groups excluding carboxylic acids is 3. The molecule has 0 radical (unpaired) electrons. The molecule has 2 aliphatic carbocycles. The summed E-state index contributed by atoms with van der Waals surface area (Å²) in [6.45, 7) is 0. The van der Waals surface area contributed by atoms with Gasteiger partial charge in [-0.15, -0.1) is 0 Å². The molecule has 4 aromatic rings.